The zero-order valence-electron chi connectivity index (χ0n) is 16.4. The van der Waals surface area contributed by atoms with E-state index in [1.54, 1.807) is 18.4 Å². The first-order chi connectivity index (χ1) is 13.7. The fourth-order valence-electron chi connectivity index (χ4n) is 5.16. The van der Waals surface area contributed by atoms with Crippen molar-refractivity contribution in [2.24, 2.45) is 11.8 Å². The van der Waals surface area contributed by atoms with Crippen LogP contribution in [0.4, 0.5) is 5.82 Å². The summed E-state index contributed by atoms with van der Waals surface area (Å²) in [6, 6.07) is 11.6. The van der Waals surface area contributed by atoms with Crippen molar-refractivity contribution in [3.05, 3.63) is 52.2 Å². The van der Waals surface area contributed by atoms with Gasteiger partial charge >= 0.3 is 0 Å². The standard InChI is InChI=1S/C23H27N3OS/c1-14-7-23(25-20-4-3-17(27-2)11-18(14)20)26-22-10-16-8-19(22)21(9-16)24-12-15-5-6-28-13-15/h3-7,11,13,16,19,21-22,24H,8-10,12H2,1-2H3,(H,25,26)/t16-,19+,21+,22+/m1/s1. The van der Waals surface area contributed by atoms with Gasteiger partial charge in [-0.25, -0.2) is 4.98 Å². The lowest BCUT2D eigenvalue weighted by Gasteiger charge is -2.31. The van der Waals surface area contributed by atoms with Gasteiger partial charge in [-0.2, -0.15) is 11.3 Å². The smallest absolute Gasteiger partial charge is 0.127 e. The number of methoxy groups -OCH3 is 1. The minimum Gasteiger partial charge on any atom is -0.497 e. The molecule has 0 radical (unpaired) electrons. The lowest BCUT2D eigenvalue weighted by atomic mass is 9.90. The zero-order valence-corrected chi connectivity index (χ0v) is 17.3. The number of rotatable bonds is 6. The second-order valence-electron chi connectivity index (χ2n) is 8.31. The average molecular weight is 394 g/mol. The molecular weight excluding hydrogens is 366 g/mol. The number of pyridine rings is 1. The van der Waals surface area contributed by atoms with Crippen LogP contribution in [-0.2, 0) is 6.54 Å². The molecule has 2 fully saturated rings. The summed E-state index contributed by atoms with van der Waals surface area (Å²) in [4.78, 5) is 4.88. The first-order valence-corrected chi connectivity index (χ1v) is 11.1. The Kier molecular flexibility index (Phi) is 4.73. The molecule has 5 heteroatoms. The third-order valence-electron chi connectivity index (χ3n) is 6.52. The molecule has 5 rings (SSSR count). The van der Waals surface area contributed by atoms with Gasteiger partial charge in [-0.05, 0) is 90.2 Å². The van der Waals surface area contributed by atoms with Crippen LogP contribution in [0.25, 0.3) is 10.9 Å². The zero-order chi connectivity index (χ0) is 19.1. The van der Waals surface area contributed by atoms with Crippen LogP contribution in [0.15, 0.2) is 41.1 Å². The molecule has 4 nitrogen and oxygen atoms in total. The molecule has 28 heavy (non-hydrogen) atoms. The van der Waals surface area contributed by atoms with E-state index in [1.807, 2.05) is 6.07 Å². The average Bonchev–Trinajstić information content (AvgIpc) is 3.43. The number of anilines is 1. The Morgan fingerprint density at radius 2 is 2.04 bits per heavy atom. The summed E-state index contributed by atoms with van der Waals surface area (Å²) >= 11 is 1.78. The van der Waals surface area contributed by atoms with Crippen LogP contribution in [0.1, 0.15) is 30.4 Å². The highest BCUT2D eigenvalue weighted by Crippen LogP contribution is 2.46. The highest BCUT2D eigenvalue weighted by Gasteiger charge is 2.46. The van der Waals surface area contributed by atoms with E-state index < -0.39 is 0 Å². The minimum atomic E-state index is 0.515. The van der Waals surface area contributed by atoms with Crippen molar-refractivity contribution in [2.45, 2.75) is 44.8 Å². The Labute approximate surface area is 170 Å². The molecule has 146 valence electrons. The summed E-state index contributed by atoms with van der Waals surface area (Å²) in [5.41, 5.74) is 3.67. The molecule has 2 heterocycles. The number of thiophene rings is 1. The maximum absolute atomic E-state index is 5.36. The molecule has 3 aromatic rings. The van der Waals surface area contributed by atoms with Crippen LogP contribution in [0, 0.1) is 18.8 Å². The van der Waals surface area contributed by atoms with Gasteiger partial charge in [-0.15, -0.1) is 0 Å². The monoisotopic (exact) mass is 393 g/mol. The van der Waals surface area contributed by atoms with Crippen molar-refractivity contribution in [3.63, 3.8) is 0 Å². The summed E-state index contributed by atoms with van der Waals surface area (Å²) in [5.74, 6) is 3.42. The van der Waals surface area contributed by atoms with Crippen LogP contribution in [0.3, 0.4) is 0 Å². The van der Waals surface area contributed by atoms with Crippen LogP contribution in [0.5, 0.6) is 5.75 Å². The number of hydrogen-bond donors (Lipinski definition) is 2. The Balaban J connectivity index is 1.30. The third-order valence-corrected chi connectivity index (χ3v) is 7.25. The van der Waals surface area contributed by atoms with E-state index in [0.717, 1.165) is 34.9 Å². The maximum Gasteiger partial charge on any atom is 0.127 e. The predicted molar refractivity (Wildman–Crippen MR) is 116 cm³/mol. The third kappa shape index (κ3) is 3.38. The van der Waals surface area contributed by atoms with Gasteiger partial charge in [-0.1, -0.05) is 0 Å². The van der Waals surface area contributed by atoms with Gasteiger partial charge in [0.05, 0.1) is 12.6 Å². The van der Waals surface area contributed by atoms with E-state index in [-0.39, 0.29) is 0 Å². The highest BCUT2D eigenvalue weighted by atomic mass is 32.1. The lowest BCUT2D eigenvalue weighted by Crippen LogP contribution is -2.42. The number of benzene rings is 1. The summed E-state index contributed by atoms with van der Waals surface area (Å²) in [6.45, 7) is 3.14. The number of aromatic nitrogens is 1. The van der Waals surface area contributed by atoms with Gasteiger partial charge in [-0.3, -0.25) is 0 Å². The van der Waals surface area contributed by atoms with Gasteiger partial charge in [0.15, 0.2) is 0 Å². The molecular formula is C23H27N3OS. The highest BCUT2D eigenvalue weighted by molar-refractivity contribution is 7.07. The summed E-state index contributed by atoms with van der Waals surface area (Å²) in [5, 5.41) is 13.2. The number of ether oxygens (including phenoxy) is 1. The van der Waals surface area contributed by atoms with E-state index in [9.17, 15) is 0 Å². The van der Waals surface area contributed by atoms with Gasteiger partial charge in [0.25, 0.3) is 0 Å². The first kappa shape index (κ1) is 18.0. The van der Waals surface area contributed by atoms with Gasteiger partial charge in [0.1, 0.15) is 11.6 Å². The van der Waals surface area contributed by atoms with Crippen molar-refractivity contribution >= 4 is 28.1 Å². The largest absolute Gasteiger partial charge is 0.497 e. The number of hydrogen-bond acceptors (Lipinski definition) is 5. The first-order valence-electron chi connectivity index (χ1n) is 10.2. The molecule has 2 aliphatic rings. The molecule has 0 aliphatic heterocycles. The van der Waals surface area contributed by atoms with E-state index in [2.05, 4.69) is 52.6 Å². The maximum atomic E-state index is 5.36. The SMILES string of the molecule is COc1ccc2nc(N[C@H]3C[C@@H]4C[C@H]3[C@@H](NCc3ccsc3)C4)cc(C)c2c1. The molecule has 2 saturated carbocycles. The van der Waals surface area contributed by atoms with E-state index in [0.29, 0.717) is 18.0 Å². The summed E-state index contributed by atoms with van der Waals surface area (Å²) in [7, 11) is 1.71. The molecule has 2 aromatic heterocycles. The minimum absolute atomic E-state index is 0.515. The Hall–Kier alpha value is -2.11. The van der Waals surface area contributed by atoms with Crippen LogP contribution in [-0.4, -0.2) is 24.2 Å². The van der Waals surface area contributed by atoms with Crippen molar-refractivity contribution < 1.29 is 4.74 Å². The summed E-state index contributed by atoms with van der Waals surface area (Å²) < 4.78 is 5.36. The number of fused-ring (bicyclic) bond motifs is 3. The molecule has 0 unspecified atom stereocenters. The van der Waals surface area contributed by atoms with Crippen molar-refractivity contribution in [3.8, 4) is 5.75 Å². The molecule has 1 aromatic carbocycles. The molecule has 0 amide bonds. The molecule has 2 bridgehead atoms. The quantitative estimate of drug-likeness (QED) is 0.620. The second kappa shape index (κ2) is 7.37. The molecule has 0 saturated heterocycles. The molecule has 2 aliphatic carbocycles. The fraction of sp³-hybridized carbons (Fsp3) is 0.435. The van der Waals surface area contributed by atoms with Gasteiger partial charge in [0, 0.05) is 24.0 Å². The lowest BCUT2D eigenvalue weighted by molar-refractivity contribution is 0.327. The Bertz CT molecular complexity index is 971. The van der Waals surface area contributed by atoms with Gasteiger partial charge < -0.3 is 15.4 Å². The van der Waals surface area contributed by atoms with E-state index >= 15 is 0 Å². The van der Waals surface area contributed by atoms with E-state index in [1.165, 1.54) is 30.4 Å². The van der Waals surface area contributed by atoms with Crippen LogP contribution < -0.4 is 15.4 Å². The summed E-state index contributed by atoms with van der Waals surface area (Å²) in [6.07, 6.45) is 3.92. The van der Waals surface area contributed by atoms with Crippen molar-refractivity contribution in [1.82, 2.24) is 10.3 Å². The topological polar surface area (TPSA) is 46.2 Å². The number of aryl methyl sites for hydroxylation is 1. The van der Waals surface area contributed by atoms with Crippen molar-refractivity contribution in [1.29, 1.82) is 0 Å². The Morgan fingerprint density at radius 1 is 1.14 bits per heavy atom. The van der Waals surface area contributed by atoms with Crippen molar-refractivity contribution in [2.75, 3.05) is 12.4 Å². The van der Waals surface area contributed by atoms with Crippen LogP contribution >= 0.6 is 11.3 Å². The van der Waals surface area contributed by atoms with E-state index in [4.69, 9.17) is 9.72 Å². The predicted octanol–water partition coefficient (Wildman–Crippen LogP) is 4.98. The van der Waals surface area contributed by atoms with Gasteiger partial charge in [0.2, 0.25) is 0 Å². The van der Waals surface area contributed by atoms with Crippen LogP contribution in [0.2, 0.25) is 0 Å². The molecule has 4 atom stereocenters. The molecule has 2 N–H and O–H groups in total. The Morgan fingerprint density at radius 3 is 2.82 bits per heavy atom. The normalized spacial score (nSPS) is 26.1. The number of nitrogens with one attached hydrogen (secondary N) is 2. The fourth-order valence-corrected chi connectivity index (χ4v) is 5.83. The molecule has 0 spiro atoms. The second-order valence-corrected chi connectivity index (χ2v) is 9.09. The number of nitrogens with zero attached hydrogens (tertiary/aromatic N) is 1.